The van der Waals surface area contributed by atoms with E-state index in [1.54, 1.807) is 0 Å². The van der Waals surface area contributed by atoms with Crippen LogP contribution in [0.4, 0.5) is 0 Å². The Labute approximate surface area is 433 Å². The molecule has 0 N–H and O–H groups in total. The molecule has 0 radical (unpaired) electrons. The second kappa shape index (κ2) is 46.2. The van der Waals surface area contributed by atoms with Crippen molar-refractivity contribution in [3.8, 4) is 23.0 Å². The van der Waals surface area contributed by atoms with Crippen molar-refractivity contribution in [3.63, 3.8) is 0 Å². The second-order valence-corrected chi connectivity index (χ2v) is 21.0. The summed E-state index contributed by atoms with van der Waals surface area (Å²) in [5.74, 6) is 3.25. The van der Waals surface area contributed by atoms with E-state index >= 15 is 0 Å². The van der Waals surface area contributed by atoms with E-state index in [1.807, 2.05) is 0 Å². The molecule has 4 nitrogen and oxygen atoms in total. The predicted octanol–water partition coefficient (Wildman–Crippen LogP) is 21.6. The van der Waals surface area contributed by atoms with Crippen LogP contribution in [0.5, 0.6) is 23.0 Å². The van der Waals surface area contributed by atoms with Crippen LogP contribution in [-0.4, -0.2) is 26.4 Å². The van der Waals surface area contributed by atoms with Crippen molar-refractivity contribution in [2.75, 3.05) is 26.4 Å². The molecule has 0 saturated carbocycles. The summed E-state index contributed by atoms with van der Waals surface area (Å²) in [6.45, 7) is 12.0. The van der Waals surface area contributed by atoms with Crippen LogP contribution in [0, 0.1) is 0 Å². The van der Waals surface area contributed by atoms with Crippen LogP contribution in [0.25, 0.3) is 9.81 Å². The summed E-state index contributed by atoms with van der Waals surface area (Å²) < 4.78 is 25.9. The molecule has 0 unspecified atom stereocenters. The number of ether oxygens (including phenoxy) is 4. The Morgan fingerprint density at radius 1 is 0.265 bits per heavy atom. The minimum atomic E-state index is 0.689. The molecule has 6 heteroatoms. The SMILES string of the molecule is CCCCCCCCCCCCOc1ccc(/C(S)=C(/S)c2ccc(OCCCCCCCCCCCC)c(OCCCCCCCCCCCC)c2)cc1OCCCCCCCCCCCC. The molecule has 2 aromatic carbocycles. The fraction of sp³-hybridized carbons (Fsp3) is 0.774. The monoisotopic (exact) mass is 981 g/mol. The lowest BCUT2D eigenvalue weighted by molar-refractivity contribution is 0.258. The summed E-state index contributed by atoms with van der Waals surface area (Å²) in [4.78, 5) is 1.61. The van der Waals surface area contributed by atoms with Gasteiger partial charge in [0, 0.05) is 9.81 Å². The molecule has 0 aromatic heterocycles. The van der Waals surface area contributed by atoms with Gasteiger partial charge in [-0.2, -0.15) is 0 Å². The first-order valence-electron chi connectivity index (χ1n) is 29.5. The van der Waals surface area contributed by atoms with Crippen LogP contribution in [0.2, 0.25) is 0 Å². The van der Waals surface area contributed by atoms with Crippen molar-refractivity contribution in [3.05, 3.63) is 47.5 Å². The van der Waals surface area contributed by atoms with Crippen LogP contribution in [0.15, 0.2) is 36.4 Å². The molecule has 0 aliphatic carbocycles. The molecule has 0 heterocycles. The number of unbranched alkanes of at least 4 members (excludes halogenated alkanes) is 36. The fourth-order valence-electron chi connectivity index (χ4n) is 9.13. The van der Waals surface area contributed by atoms with E-state index in [9.17, 15) is 0 Å². The van der Waals surface area contributed by atoms with Crippen molar-refractivity contribution in [1.82, 2.24) is 0 Å². The minimum Gasteiger partial charge on any atom is -0.490 e. The van der Waals surface area contributed by atoms with Gasteiger partial charge in [0.1, 0.15) is 0 Å². The molecule has 0 aliphatic heterocycles. The van der Waals surface area contributed by atoms with Gasteiger partial charge in [0.25, 0.3) is 0 Å². The third kappa shape index (κ3) is 32.9. The highest BCUT2D eigenvalue weighted by molar-refractivity contribution is 7.96. The molecule has 2 rings (SSSR count). The van der Waals surface area contributed by atoms with Crippen molar-refractivity contribution in [2.24, 2.45) is 0 Å². The standard InChI is InChI=1S/C62H108O4S2/c1-5-9-13-17-21-25-29-33-37-41-49-63-57-47-45-55(53-59(57)65-51-43-39-35-31-27-23-19-15-11-7-3)61(67)62(68)56-46-48-58(64-50-42-38-34-30-26-22-18-14-10-6-2)60(54-56)66-52-44-40-36-32-28-24-20-16-12-8-4/h45-48,53-54,67-68H,5-44,49-52H2,1-4H3/b62-61-. The normalized spacial score (nSPS) is 11.9. The van der Waals surface area contributed by atoms with E-state index in [1.165, 1.54) is 231 Å². The molecule has 0 bridgehead atoms. The van der Waals surface area contributed by atoms with Crippen molar-refractivity contribution < 1.29 is 18.9 Å². The molecular formula is C62H108O4S2. The quantitative estimate of drug-likeness (QED) is 0.0394. The van der Waals surface area contributed by atoms with E-state index in [0.717, 1.165) is 69.6 Å². The molecule has 2 aromatic rings. The minimum absolute atomic E-state index is 0.689. The number of hydrogen-bond acceptors (Lipinski definition) is 6. The maximum Gasteiger partial charge on any atom is 0.161 e. The smallest absolute Gasteiger partial charge is 0.161 e. The zero-order valence-corrected chi connectivity index (χ0v) is 46.9. The first-order chi connectivity index (χ1) is 33.5. The molecule has 68 heavy (non-hydrogen) atoms. The van der Waals surface area contributed by atoms with Crippen LogP contribution < -0.4 is 18.9 Å². The summed E-state index contributed by atoms with van der Waals surface area (Å²) in [6, 6.07) is 12.6. The fourth-order valence-corrected chi connectivity index (χ4v) is 9.67. The topological polar surface area (TPSA) is 36.9 Å². The van der Waals surface area contributed by atoms with Gasteiger partial charge < -0.3 is 18.9 Å². The molecule has 0 saturated heterocycles. The maximum atomic E-state index is 6.52. The Kier molecular flexibility index (Phi) is 42.2. The summed E-state index contributed by atoms with van der Waals surface area (Å²) in [5.41, 5.74) is 1.94. The molecule has 0 aliphatic rings. The van der Waals surface area contributed by atoms with Gasteiger partial charge >= 0.3 is 0 Å². The first-order valence-corrected chi connectivity index (χ1v) is 30.4. The number of hydrogen-bond donors (Lipinski definition) is 2. The van der Waals surface area contributed by atoms with Gasteiger partial charge in [-0.1, -0.05) is 259 Å². The van der Waals surface area contributed by atoms with Crippen LogP contribution in [-0.2, 0) is 0 Å². The van der Waals surface area contributed by atoms with Crippen molar-refractivity contribution in [2.45, 2.75) is 285 Å². The van der Waals surface area contributed by atoms with E-state index in [-0.39, 0.29) is 0 Å². The highest BCUT2D eigenvalue weighted by atomic mass is 32.1. The second-order valence-electron chi connectivity index (χ2n) is 20.1. The lowest BCUT2D eigenvalue weighted by atomic mass is 10.1. The predicted molar refractivity (Wildman–Crippen MR) is 307 cm³/mol. The third-order valence-corrected chi connectivity index (χ3v) is 14.8. The largest absolute Gasteiger partial charge is 0.490 e. The van der Waals surface area contributed by atoms with Crippen LogP contribution in [0.3, 0.4) is 0 Å². The summed E-state index contributed by atoms with van der Waals surface area (Å²) in [7, 11) is 0. The molecule has 0 atom stereocenters. The Bertz CT molecular complexity index is 1350. The van der Waals surface area contributed by atoms with Crippen molar-refractivity contribution >= 4 is 35.1 Å². The zero-order valence-electron chi connectivity index (χ0n) is 45.1. The van der Waals surface area contributed by atoms with E-state index in [2.05, 4.69) is 64.1 Å². The van der Waals surface area contributed by atoms with Gasteiger partial charge in [-0.25, -0.2) is 0 Å². The van der Waals surface area contributed by atoms with Gasteiger partial charge in [-0.05, 0) is 73.2 Å². The van der Waals surface area contributed by atoms with Gasteiger partial charge in [-0.15, -0.1) is 25.3 Å². The van der Waals surface area contributed by atoms with Gasteiger partial charge in [0.2, 0.25) is 0 Å². The first kappa shape index (κ1) is 62.2. The molecular weight excluding hydrogens is 873 g/mol. The van der Waals surface area contributed by atoms with Gasteiger partial charge in [0.15, 0.2) is 23.0 Å². The van der Waals surface area contributed by atoms with E-state index < -0.39 is 0 Å². The van der Waals surface area contributed by atoms with Gasteiger partial charge in [0.05, 0.1) is 26.4 Å². The summed E-state index contributed by atoms with van der Waals surface area (Å²) in [5, 5.41) is 0. The Hall–Kier alpha value is -1.92. The molecule has 0 amide bonds. The molecule has 0 spiro atoms. The van der Waals surface area contributed by atoms with E-state index in [4.69, 9.17) is 44.2 Å². The average molecular weight is 982 g/mol. The Balaban J connectivity index is 2.10. The van der Waals surface area contributed by atoms with Gasteiger partial charge in [-0.3, -0.25) is 0 Å². The number of thiol groups is 2. The maximum absolute atomic E-state index is 6.52. The van der Waals surface area contributed by atoms with Crippen molar-refractivity contribution in [1.29, 1.82) is 0 Å². The Morgan fingerprint density at radius 2 is 0.456 bits per heavy atom. The van der Waals surface area contributed by atoms with Crippen LogP contribution in [0.1, 0.15) is 296 Å². The molecule has 0 fully saturated rings. The molecule has 392 valence electrons. The highest BCUT2D eigenvalue weighted by Crippen LogP contribution is 2.40. The lowest BCUT2D eigenvalue weighted by Gasteiger charge is -2.17. The lowest BCUT2D eigenvalue weighted by Crippen LogP contribution is -2.04. The number of rotatable bonds is 50. The summed E-state index contributed by atoms with van der Waals surface area (Å²) in [6.07, 6.45) is 52.3. The zero-order chi connectivity index (χ0) is 48.8. The average Bonchev–Trinajstić information content (AvgIpc) is 3.35. The Morgan fingerprint density at radius 3 is 0.676 bits per heavy atom. The van der Waals surface area contributed by atoms with E-state index in [0.29, 0.717) is 26.4 Å². The summed E-state index contributed by atoms with van der Waals surface area (Å²) >= 11 is 10.2. The van der Waals surface area contributed by atoms with Crippen LogP contribution >= 0.6 is 25.3 Å². The third-order valence-electron chi connectivity index (χ3n) is 13.7. The number of benzene rings is 2. The highest BCUT2D eigenvalue weighted by Gasteiger charge is 2.15.